The van der Waals surface area contributed by atoms with Crippen LogP contribution < -0.4 is 5.32 Å². The maximum Gasteiger partial charge on any atom is 0.326 e. The van der Waals surface area contributed by atoms with Crippen LogP contribution in [0.4, 0.5) is 4.79 Å². The number of benzene rings is 1. The molecule has 2 heterocycles. The molecule has 1 aromatic heterocycles. The highest BCUT2D eigenvalue weighted by Crippen LogP contribution is 2.24. The summed E-state index contributed by atoms with van der Waals surface area (Å²) in [6.45, 7) is 2.96. The molecular weight excluding hydrogens is 376 g/mol. The van der Waals surface area contributed by atoms with Gasteiger partial charge in [-0.3, -0.25) is 14.5 Å². The number of carbonyl (C=O) groups excluding carboxylic acids is 3. The first-order valence-corrected chi connectivity index (χ1v) is 10.2. The van der Waals surface area contributed by atoms with E-state index in [9.17, 15) is 14.4 Å². The molecule has 0 radical (unpaired) electrons. The summed E-state index contributed by atoms with van der Waals surface area (Å²) in [4.78, 5) is 42.6. The van der Waals surface area contributed by atoms with Gasteiger partial charge in [0.2, 0.25) is 11.8 Å². The lowest BCUT2D eigenvalue weighted by molar-refractivity contribution is -0.126. The van der Waals surface area contributed by atoms with E-state index in [1.54, 1.807) is 18.4 Å². The van der Waals surface area contributed by atoms with Crippen LogP contribution in [0.25, 0.3) is 10.6 Å². The number of hydrogen-bond donors (Lipinski definition) is 1. The van der Waals surface area contributed by atoms with Crippen molar-refractivity contribution in [3.8, 4) is 10.6 Å². The number of nitrogens with zero attached hydrogens (tertiary/aromatic N) is 3. The first-order chi connectivity index (χ1) is 13.4. The van der Waals surface area contributed by atoms with Crippen LogP contribution in [0, 0.1) is 6.92 Å². The Morgan fingerprint density at radius 2 is 2.00 bits per heavy atom. The molecule has 0 atom stereocenters. The minimum Gasteiger partial charge on any atom is -0.356 e. The summed E-state index contributed by atoms with van der Waals surface area (Å²) in [5, 5.41) is 5.87. The molecule has 0 aliphatic carbocycles. The molecule has 8 heteroatoms. The van der Waals surface area contributed by atoms with Gasteiger partial charge >= 0.3 is 6.03 Å². The first-order valence-electron chi connectivity index (χ1n) is 9.27. The Morgan fingerprint density at radius 1 is 1.25 bits per heavy atom. The number of aromatic nitrogens is 1. The number of nitrogens with one attached hydrogen (secondary N) is 1. The Hall–Kier alpha value is -2.74. The third-order valence-electron chi connectivity index (χ3n) is 4.57. The third kappa shape index (κ3) is 4.95. The van der Waals surface area contributed by atoms with Crippen molar-refractivity contribution in [2.45, 2.75) is 26.2 Å². The van der Waals surface area contributed by atoms with Gasteiger partial charge in [0.05, 0.1) is 5.69 Å². The summed E-state index contributed by atoms with van der Waals surface area (Å²) in [7, 11) is 1.59. The van der Waals surface area contributed by atoms with Crippen molar-refractivity contribution in [3.05, 3.63) is 40.9 Å². The summed E-state index contributed by atoms with van der Waals surface area (Å²) in [5.74, 6) is -0.290. The van der Waals surface area contributed by atoms with E-state index in [2.05, 4.69) is 41.5 Å². The van der Waals surface area contributed by atoms with Crippen molar-refractivity contribution < 1.29 is 14.4 Å². The Balaban J connectivity index is 1.37. The minimum atomic E-state index is -0.293. The largest absolute Gasteiger partial charge is 0.356 e. The molecule has 1 fully saturated rings. The van der Waals surface area contributed by atoms with Gasteiger partial charge in [0.1, 0.15) is 11.6 Å². The molecule has 0 spiro atoms. The number of rotatable bonds is 8. The van der Waals surface area contributed by atoms with E-state index in [-0.39, 0.29) is 37.4 Å². The van der Waals surface area contributed by atoms with E-state index in [1.165, 1.54) is 15.4 Å². The highest BCUT2D eigenvalue weighted by Gasteiger charge is 2.32. The molecule has 1 saturated heterocycles. The fraction of sp³-hybridized carbons (Fsp3) is 0.400. The number of hydrogen-bond acceptors (Lipinski definition) is 5. The molecule has 7 nitrogen and oxygen atoms in total. The second-order valence-corrected chi connectivity index (χ2v) is 7.76. The average molecular weight is 401 g/mol. The Kier molecular flexibility index (Phi) is 6.41. The number of amides is 4. The molecule has 28 heavy (non-hydrogen) atoms. The Bertz CT molecular complexity index is 863. The van der Waals surface area contributed by atoms with E-state index in [0.29, 0.717) is 19.4 Å². The second kappa shape index (κ2) is 8.97. The van der Waals surface area contributed by atoms with Crippen LogP contribution >= 0.6 is 11.3 Å². The molecule has 1 aromatic carbocycles. The standard InChI is InChI=1S/C20H24N4O3S/c1-14-5-7-15(8-6-14)19-22-16(13-28-19)9-10-21-17(25)4-3-11-24-18(26)12-23(2)20(24)27/h5-8,13H,3-4,9-12H2,1-2H3,(H,21,25). The van der Waals surface area contributed by atoms with Crippen LogP contribution in [0.1, 0.15) is 24.1 Å². The van der Waals surface area contributed by atoms with E-state index in [1.807, 2.05) is 5.38 Å². The predicted octanol–water partition coefficient (Wildman–Crippen LogP) is 2.45. The number of thiazole rings is 1. The molecular formula is C20H24N4O3S. The van der Waals surface area contributed by atoms with Crippen LogP contribution in [0.5, 0.6) is 0 Å². The third-order valence-corrected chi connectivity index (χ3v) is 5.51. The highest BCUT2D eigenvalue weighted by atomic mass is 32.1. The van der Waals surface area contributed by atoms with Crippen molar-refractivity contribution in [1.82, 2.24) is 20.1 Å². The smallest absolute Gasteiger partial charge is 0.326 e. The number of imide groups is 1. The fourth-order valence-electron chi connectivity index (χ4n) is 2.96. The molecule has 0 bridgehead atoms. The van der Waals surface area contributed by atoms with Crippen molar-refractivity contribution in [2.75, 3.05) is 26.7 Å². The van der Waals surface area contributed by atoms with Crippen molar-refractivity contribution in [3.63, 3.8) is 0 Å². The van der Waals surface area contributed by atoms with Gasteiger partial charge in [0, 0.05) is 43.9 Å². The topological polar surface area (TPSA) is 82.6 Å². The van der Waals surface area contributed by atoms with E-state index >= 15 is 0 Å². The van der Waals surface area contributed by atoms with Crippen LogP contribution in [-0.2, 0) is 16.0 Å². The molecule has 1 aliphatic rings. The minimum absolute atomic E-state index is 0.0820. The second-order valence-electron chi connectivity index (χ2n) is 6.90. The van der Waals surface area contributed by atoms with Crippen molar-refractivity contribution >= 4 is 29.2 Å². The fourth-order valence-corrected chi connectivity index (χ4v) is 3.82. The molecule has 3 rings (SSSR count). The summed E-state index contributed by atoms with van der Waals surface area (Å²) in [6, 6.07) is 7.97. The Morgan fingerprint density at radius 3 is 2.68 bits per heavy atom. The zero-order chi connectivity index (χ0) is 20.1. The highest BCUT2D eigenvalue weighted by molar-refractivity contribution is 7.13. The van der Waals surface area contributed by atoms with Gasteiger partial charge in [-0.15, -0.1) is 11.3 Å². The van der Waals surface area contributed by atoms with Gasteiger partial charge in [-0.2, -0.15) is 0 Å². The van der Waals surface area contributed by atoms with Crippen LogP contribution in [0.2, 0.25) is 0 Å². The van der Waals surface area contributed by atoms with Crippen LogP contribution in [-0.4, -0.2) is 59.3 Å². The molecule has 1 N–H and O–H groups in total. The number of urea groups is 1. The summed E-state index contributed by atoms with van der Waals surface area (Å²) in [6.07, 6.45) is 1.42. The van der Waals surface area contributed by atoms with Gasteiger partial charge in [0.15, 0.2) is 0 Å². The Labute approximate surface area is 168 Å². The zero-order valence-electron chi connectivity index (χ0n) is 16.1. The molecule has 2 aromatic rings. The van der Waals surface area contributed by atoms with Gasteiger partial charge in [-0.25, -0.2) is 9.78 Å². The summed E-state index contributed by atoms with van der Waals surface area (Å²) in [5.41, 5.74) is 3.27. The SMILES string of the molecule is Cc1ccc(-c2nc(CCNC(=O)CCCN3C(=O)CN(C)C3=O)cs2)cc1. The lowest BCUT2D eigenvalue weighted by Gasteiger charge is -2.13. The van der Waals surface area contributed by atoms with Gasteiger partial charge in [-0.1, -0.05) is 29.8 Å². The monoisotopic (exact) mass is 400 g/mol. The molecule has 0 unspecified atom stereocenters. The molecule has 1 aliphatic heterocycles. The van der Waals surface area contributed by atoms with E-state index in [0.717, 1.165) is 16.3 Å². The quantitative estimate of drug-likeness (QED) is 0.690. The zero-order valence-corrected chi connectivity index (χ0v) is 16.9. The number of likely N-dealkylation sites (N-methyl/N-ethyl adjacent to an activating group) is 1. The first kappa shape index (κ1) is 20.0. The van der Waals surface area contributed by atoms with Gasteiger partial charge in [-0.05, 0) is 13.3 Å². The van der Waals surface area contributed by atoms with Crippen LogP contribution in [0.15, 0.2) is 29.6 Å². The molecule has 4 amide bonds. The summed E-state index contributed by atoms with van der Waals surface area (Å²) < 4.78 is 0. The molecule has 0 saturated carbocycles. The van der Waals surface area contributed by atoms with Gasteiger partial charge in [0.25, 0.3) is 0 Å². The number of carbonyl (C=O) groups is 3. The lowest BCUT2D eigenvalue weighted by atomic mass is 10.2. The van der Waals surface area contributed by atoms with E-state index in [4.69, 9.17) is 0 Å². The predicted molar refractivity (Wildman–Crippen MR) is 108 cm³/mol. The maximum atomic E-state index is 12.0. The van der Waals surface area contributed by atoms with Crippen molar-refractivity contribution in [2.24, 2.45) is 0 Å². The average Bonchev–Trinajstić information content (AvgIpc) is 3.22. The van der Waals surface area contributed by atoms with E-state index < -0.39 is 0 Å². The normalized spacial score (nSPS) is 14.1. The number of aryl methyl sites for hydroxylation is 1. The summed E-state index contributed by atoms with van der Waals surface area (Å²) >= 11 is 1.60. The van der Waals surface area contributed by atoms with Crippen LogP contribution in [0.3, 0.4) is 0 Å². The molecule has 148 valence electrons. The maximum absolute atomic E-state index is 12.0. The van der Waals surface area contributed by atoms with Crippen molar-refractivity contribution in [1.29, 1.82) is 0 Å². The van der Waals surface area contributed by atoms with Gasteiger partial charge < -0.3 is 10.2 Å². The lowest BCUT2D eigenvalue weighted by Crippen LogP contribution is -2.33.